The van der Waals surface area contributed by atoms with Crippen LogP contribution in [-0.4, -0.2) is 28.8 Å². The van der Waals surface area contributed by atoms with Crippen molar-refractivity contribution in [3.63, 3.8) is 0 Å². The third-order valence-corrected chi connectivity index (χ3v) is 5.08. The number of nitrogens with zero attached hydrogens (tertiary/aromatic N) is 1. The molecule has 0 fully saturated rings. The predicted octanol–water partition coefficient (Wildman–Crippen LogP) is 3.11. The fourth-order valence-electron chi connectivity index (χ4n) is 3.50. The van der Waals surface area contributed by atoms with Crippen LogP contribution in [0.3, 0.4) is 0 Å². The molecule has 7 nitrogen and oxygen atoms in total. The second kappa shape index (κ2) is 9.26. The molecule has 0 saturated carbocycles. The zero-order valence-corrected chi connectivity index (χ0v) is 17.2. The standard InChI is InChI=1S/C25H21N3O4/c26-24(30)21(14-22(29)32-15-16-8-2-1-3-9-16)28-25(31)23-17-10-4-6-12-19(17)27-20-13-7-5-11-18(20)23/h1-13,21H,14-15H2,(H2,26,30)(H,28,31)/t21-/m1/s1. The molecule has 7 heteroatoms. The van der Waals surface area contributed by atoms with Gasteiger partial charge in [0.05, 0.1) is 23.0 Å². The fourth-order valence-corrected chi connectivity index (χ4v) is 3.50. The molecule has 4 aromatic rings. The first-order valence-corrected chi connectivity index (χ1v) is 10.1. The Balaban J connectivity index is 1.56. The summed E-state index contributed by atoms with van der Waals surface area (Å²) in [4.78, 5) is 42.1. The minimum atomic E-state index is -1.21. The summed E-state index contributed by atoms with van der Waals surface area (Å²) < 4.78 is 5.23. The summed E-state index contributed by atoms with van der Waals surface area (Å²) in [5, 5.41) is 3.88. The van der Waals surface area contributed by atoms with Crippen LogP contribution in [0.2, 0.25) is 0 Å². The molecule has 1 atom stereocenters. The smallest absolute Gasteiger partial charge is 0.308 e. The van der Waals surface area contributed by atoms with E-state index >= 15 is 0 Å². The van der Waals surface area contributed by atoms with E-state index in [1.54, 1.807) is 12.1 Å². The van der Waals surface area contributed by atoms with E-state index in [4.69, 9.17) is 10.5 Å². The zero-order chi connectivity index (χ0) is 22.5. The minimum Gasteiger partial charge on any atom is -0.461 e. The molecule has 0 bridgehead atoms. The molecule has 0 aliphatic carbocycles. The van der Waals surface area contributed by atoms with E-state index in [0.29, 0.717) is 27.4 Å². The molecule has 160 valence electrons. The van der Waals surface area contributed by atoms with Crippen molar-refractivity contribution in [2.24, 2.45) is 5.73 Å². The number of primary amides is 1. The van der Waals surface area contributed by atoms with E-state index in [9.17, 15) is 14.4 Å². The number of carbonyl (C=O) groups is 3. The molecular formula is C25H21N3O4. The second-order valence-electron chi connectivity index (χ2n) is 7.30. The van der Waals surface area contributed by atoms with E-state index in [2.05, 4.69) is 10.3 Å². The number of nitrogens with one attached hydrogen (secondary N) is 1. The summed E-state index contributed by atoms with van der Waals surface area (Å²) in [7, 11) is 0. The fraction of sp³-hybridized carbons (Fsp3) is 0.120. The minimum absolute atomic E-state index is 0.0682. The quantitative estimate of drug-likeness (QED) is 0.348. The van der Waals surface area contributed by atoms with E-state index < -0.39 is 23.8 Å². The van der Waals surface area contributed by atoms with Crippen molar-refractivity contribution in [2.45, 2.75) is 19.1 Å². The molecule has 3 N–H and O–H groups in total. The number of esters is 1. The summed E-state index contributed by atoms with van der Waals surface area (Å²) in [6.45, 7) is 0.0682. The lowest BCUT2D eigenvalue weighted by molar-refractivity contribution is -0.146. The Kier molecular flexibility index (Phi) is 6.07. The van der Waals surface area contributed by atoms with Crippen LogP contribution in [0.5, 0.6) is 0 Å². The molecule has 0 aliphatic rings. The molecule has 4 rings (SSSR count). The van der Waals surface area contributed by atoms with Crippen molar-refractivity contribution in [1.29, 1.82) is 0 Å². The molecule has 2 amide bonds. The summed E-state index contributed by atoms with van der Waals surface area (Å²) in [6.07, 6.45) is -0.366. The number of pyridine rings is 1. The number of aromatic nitrogens is 1. The van der Waals surface area contributed by atoms with Crippen molar-refractivity contribution < 1.29 is 19.1 Å². The number of amides is 2. The van der Waals surface area contributed by atoms with Gasteiger partial charge in [-0.05, 0) is 17.7 Å². The number of para-hydroxylation sites is 2. The van der Waals surface area contributed by atoms with Gasteiger partial charge in [-0.1, -0.05) is 66.7 Å². The lowest BCUT2D eigenvalue weighted by Gasteiger charge is -2.17. The van der Waals surface area contributed by atoms with Gasteiger partial charge in [0.2, 0.25) is 5.91 Å². The lowest BCUT2D eigenvalue weighted by Crippen LogP contribution is -2.46. The summed E-state index contributed by atoms with van der Waals surface area (Å²) in [5.41, 5.74) is 7.95. The van der Waals surface area contributed by atoms with E-state index in [1.807, 2.05) is 66.7 Å². The van der Waals surface area contributed by atoms with Gasteiger partial charge < -0.3 is 15.8 Å². The first-order valence-electron chi connectivity index (χ1n) is 10.1. The number of hydrogen-bond acceptors (Lipinski definition) is 5. The summed E-state index contributed by atoms with van der Waals surface area (Å²) in [5.74, 6) is -1.97. The number of carbonyl (C=O) groups excluding carboxylic acids is 3. The number of rotatable bonds is 7. The average molecular weight is 427 g/mol. The Morgan fingerprint density at radius 1 is 0.844 bits per heavy atom. The van der Waals surface area contributed by atoms with Crippen molar-refractivity contribution in [3.05, 3.63) is 90.0 Å². The average Bonchev–Trinajstić information content (AvgIpc) is 2.81. The Hall–Kier alpha value is -4.26. The maximum atomic E-state index is 13.2. The predicted molar refractivity (Wildman–Crippen MR) is 121 cm³/mol. The highest BCUT2D eigenvalue weighted by Crippen LogP contribution is 2.26. The Morgan fingerprint density at radius 3 is 2.00 bits per heavy atom. The molecular weight excluding hydrogens is 406 g/mol. The SMILES string of the molecule is NC(=O)[C@@H](CC(=O)OCc1ccccc1)NC(=O)c1c2ccccc2nc2ccccc12. The number of benzene rings is 3. The van der Waals surface area contributed by atoms with Gasteiger partial charge >= 0.3 is 5.97 Å². The maximum Gasteiger partial charge on any atom is 0.308 e. The van der Waals surface area contributed by atoms with Crippen LogP contribution in [0.4, 0.5) is 0 Å². The molecule has 1 heterocycles. The van der Waals surface area contributed by atoms with Crippen LogP contribution < -0.4 is 11.1 Å². The molecule has 0 radical (unpaired) electrons. The second-order valence-corrected chi connectivity index (χ2v) is 7.30. The van der Waals surface area contributed by atoms with E-state index in [1.165, 1.54) is 0 Å². The van der Waals surface area contributed by atoms with Crippen LogP contribution in [0.25, 0.3) is 21.8 Å². The molecule has 0 aliphatic heterocycles. The van der Waals surface area contributed by atoms with Crippen molar-refractivity contribution >= 4 is 39.6 Å². The highest BCUT2D eigenvalue weighted by atomic mass is 16.5. The Morgan fingerprint density at radius 2 is 1.41 bits per heavy atom. The third kappa shape index (κ3) is 4.57. The van der Waals surface area contributed by atoms with E-state index in [-0.39, 0.29) is 13.0 Å². The van der Waals surface area contributed by atoms with Gasteiger partial charge in [0.1, 0.15) is 12.6 Å². The highest BCUT2D eigenvalue weighted by molar-refractivity contribution is 6.16. The maximum absolute atomic E-state index is 13.2. The van der Waals surface area contributed by atoms with Crippen LogP contribution in [0, 0.1) is 0 Å². The van der Waals surface area contributed by atoms with Crippen LogP contribution in [0.15, 0.2) is 78.9 Å². The normalized spacial score (nSPS) is 11.8. The van der Waals surface area contributed by atoms with Gasteiger partial charge in [0.25, 0.3) is 5.91 Å². The van der Waals surface area contributed by atoms with Gasteiger partial charge in [-0.25, -0.2) is 4.98 Å². The number of fused-ring (bicyclic) bond motifs is 2. The summed E-state index contributed by atoms with van der Waals surface area (Å²) >= 11 is 0. The summed E-state index contributed by atoms with van der Waals surface area (Å²) in [6, 6.07) is 22.4. The van der Waals surface area contributed by atoms with Crippen LogP contribution in [-0.2, 0) is 20.9 Å². The first-order chi connectivity index (χ1) is 15.5. The molecule has 0 unspecified atom stereocenters. The van der Waals surface area contributed by atoms with Crippen LogP contribution >= 0.6 is 0 Å². The molecule has 3 aromatic carbocycles. The number of hydrogen-bond donors (Lipinski definition) is 2. The highest BCUT2D eigenvalue weighted by Gasteiger charge is 2.25. The zero-order valence-electron chi connectivity index (χ0n) is 17.2. The van der Waals surface area contributed by atoms with Crippen molar-refractivity contribution in [3.8, 4) is 0 Å². The Bertz CT molecular complexity index is 1250. The van der Waals surface area contributed by atoms with Crippen molar-refractivity contribution in [1.82, 2.24) is 10.3 Å². The van der Waals surface area contributed by atoms with Crippen LogP contribution in [0.1, 0.15) is 22.3 Å². The molecule has 0 saturated heterocycles. The number of nitrogens with two attached hydrogens (primary N) is 1. The van der Waals surface area contributed by atoms with Gasteiger partial charge in [-0.2, -0.15) is 0 Å². The van der Waals surface area contributed by atoms with Gasteiger partial charge in [-0.15, -0.1) is 0 Å². The lowest BCUT2D eigenvalue weighted by atomic mass is 10.0. The topological polar surface area (TPSA) is 111 Å². The van der Waals surface area contributed by atoms with Gasteiger partial charge in [0.15, 0.2) is 0 Å². The van der Waals surface area contributed by atoms with E-state index in [0.717, 1.165) is 5.56 Å². The van der Waals surface area contributed by atoms with Gasteiger partial charge in [0, 0.05) is 10.8 Å². The van der Waals surface area contributed by atoms with Crippen molar-refractivity contribution in [2.75, 3.05) is 0 Å². The molecule has 0 spiro atoms. The first kappa shape index (κ1) is 21.0. The van der Waals surface area contributed by atoms with Gasteiger partial charge in [-0.3, -0.25) is 14.4 Å². The Labute approximate surface area is 184 Å². The molecule has 32 heavy (non-hydrogen) atoms. The largest absolute Gasteiger partial charge is 0.461 e. The monoisotopic (exact) mass is 427 g/mol. The molecule has 1 aromatic heterocycles. The number of ether oxygens (including phenoxy) is 1. The third-order valence-electron chi connectivity index (χ3n) is 5.08.